The first kappa shape index (κ1) is 16.8. The van der Waals surface area contributed by atoms with Crippen LogP contribution in [0.15, 0.2) is 24.3 Å². The third-order valence-electron chi connectivity index (χ3n) is 2.73. The Morgan fingerprint density at radius 3 is 2.43 bits per heavy atom. The van der Waals surface area contributed by atoms with Crippen LogP contribution in [0.5, 0.6) is 11.5 Å². The summed E-state index contributed by atoms with van der Waals surface area (Å²) in [4.78, 5) is 24.4. The third-order valence-corrected chi connectivity index (χ3v) is 2.73. The highest BCUT2D eigenvalue weighted by Gasteiger charge is 2.10. The minimum Gasteiger partial charge on any atom is -0.497 e. The van der Waals surface area contributed by atoms with Gasteiger partial charge in [0.2, 0.25) is 5.91 Å². The predicted molar refractivity (Wildman–Crippen MR) is 76.2 cm³/mol. The van der Waals surface area contributed by atoms with Crippen molar-refractivity contribution in [1.29, 1.82) is 0 Å². The second kappa shape index (κ2) is 8.80. The number of likely N-dealkylation sites (N-methyl/N-ethyl adjacent to an activating group) is 1. The molecular formula is C14H20N2O5. The maximum Gasteiger partial charge on any atom is 0.258 e. The Labute approximate surface area is 123 Å². The highest BCUT2D eigenvalue weighted by Crippen LogP contribution is 2.16. The minimum atomic E-state index is -0.392. The van der Waals surface area contributed by atoms with Crippen molar-refractivity contribution in [1.82, 2.24) is 10.2 Å². The summed E-state index contributed by atoms with van der Waals surface area (Å²) < 4.78 is 10.3. The molecule has 1 aromatic rings. The molecule has 0 aliphatic rings. The largest absolute Gasteiger partial charge is 0.497 e. The Hall–Kier alpha value is -2.28. The zero-order valence-electron chi connectivity index (χ0n) is 12.2. The monoisotopic (exact) mass is 296 g/mol. The van der Waals surface area contributed by atoms with Crippen LogP contribution in [0.4, 0.5) is 0 Å². The summed E-state index contributed by atoms with van der Waals surface area (Å²) in [5, 5.41) is 11.2. The lowest BCUT2D eigenvalue weighted by atomic mass is 10.3. The molecule has 0 spiro atoms. The van der Waals surface area contributed by atoms with Gasteiger partial charge in [-0.1, -0.05) is 0 Å². The predicted octanol–water partition coefficient (Wildman–Crippen LogP) is -0.359. The van der Waals surface area contributed by atoms with E-state index in [9.17, 15) is 9.59 Å². The van der Waals surface area contributed by atoms with Crippen LogP contribution in [0.2, 0.25) is 0 Å². The van der Waals surface area contributed by atoms with Crippen LogP contribution in [0.25, 0.3) is 0 Å². The average molecular weight is 296 g/mol. The van der Waals surface area contributed by atoms with E-state index in [0.717, 1.165) is 0 Å². The summed E-state index contributed by atoms with van der Waals surface area (Å²) in [5.74, 6) is 0.567. The number of methoxy groups -OCH3 is 1. The van der Waals surface area contributed by atoms with E-state index in [4.69, 9.17) is 14.6 Å². The third kappa shape index (κ3) is 6.13. The Kier molecular flexibility index (Phi) is 7.03. The van der Waals surface area contributed by atoms with Crippen molar-refractivity contribution in [3.05, 3.63) is 24.3 Å². The highest BCUT2D eigenvalue weighted by molar-refractivity contribution is 5.85. The zero-order valence-corrected chi connectivity index (χ0v) is 12.2. The molecule has 1 aromatic carbocycles. The second-order valence-electron chi connectivity index (χ2n) is 4.28. The molecular weight excluding hydrogens is 276 g/mol. The van der Waals surface area contributed by atoms with E-state index >= 15 is 0 Å². The van der Waals surface area contributed by atoms with Gasteiger partial charge in [-0.25, -0.2) is 0 Å². The molecule has 2 amide bonds. The van der Waals surface area contributed by atoms with E-state index < -0.39 is 5.91 Å². The van der Waals surface area contributed by atoms with E-state index in [0.29, 0.717) is 11.5 Å². The lowest BCUT2D eigenvalue weighted by molar-refractivity contribution is -0.132. The molecule has 2 N–H and O–H groups in total. The molecule has 0 fully saturated rings. The molecule has 0 radical (unpaired) electrons. The number of carbonyl (C=O) groups excluding carboxylic acids is 2. The van der Waals surface area contributed by atoms with Crippen molar-refractivity contribution >= 4 is 11.8 Å². The van der Waals surface area contributed by atoms with Gasteiger partial charge >= 0.3 is 0 Å². The Bertz CT molecular complexity index is 461. The molecule has 0 atom stereocenters. The molecule has 0 bridgehead atoms. The van der Waals surface area contributed by atoms with Gasteiger partial charge in [0.25, 0.3) is 5.91 Å². The molecule has 1 rings (SSSR count). The second-order valence-corrected chi connectivity index (χ2v) is 4.28. The molecule has 0 aliphatic heterocycles. The Morgan fingerprint density at radius 1 is 1.24 bits per heavy atom. The number of ether oxygens (including phenoxy) is 2. The molecule has 21 heavy (non-hydrogen) atoms. The number of aliphatic hydroxyl groups excluding tert-OH is 1. The number of rotatable bonds is 8. The number of carbonyl (C=O) groups is 2. The molecule has 0 saturated heterocycles. The van der Waals surface area contributed by atoms with Gasteiger partial charge in [-0.15, -0.1) is 0 Å². The van der Waals surface area contributed by atoms with Crippen LogP contribution in [-0.2, 0) is 9.59 Å². The minimum absolute atomic E-state index is 0.114. The van der Waals surface area contributed by atoms with E-state index in [-0.39, 0.29) is 32.2 Å². The fourth-order valence-corrected chi connectivity index (χ4v) is 1.46. The number of amides is 2. The van der Waals surface area contributed by atoms with Crippen molar-refractivity contribution in [3.8, 4) is 11.5 Å². The Morgan fingerprint density at radius 2 is 1.86 bits per heavy atom. The van der Waals surface area contributed by atoms with Crippen molar-refractivity contribution in [2.75, 3.05) is 40.5 Å². The lowest BCUT2D eigenvalue weighted by Gasteiger charge is -2.15. The fourth-order valence-electron chi connectivity index (χ4n) is 1.46. The summed E-state index contributed by atoms with van der Waals surface area (Å²) in [7, 11) is 3.12. The van der Waals surface area contributed by atoms with Gasteiger partial charge in [0.05, 0.1) is 20.3 Å². The first-order chi connectivity index (χ1) is 10.1. The van der Waals surface area contributed by atoms with Gasteiger partial charge in [0.1, 0.15) is 11.5 Å². The van der Waals surface area contributed by atoms with Crippen molar-refractivity contribution in [3.63, 3.8) is 0 Å². The van der Waals surface area contributed by atoms with Gasteiger partial charge < -0.3 is 24.8 Å². The fraction of sp³-hybridized carbons (Fsp3) is 0.429. The first-order valence-corrected chi connectivity index (χ1v) is 6.45. The number of hydrogen-bond acceptors (Lipinski definition) is 5. The van der Waals surface area contributed by atoms with Gasteiger partial charge in [-0.05, 0) is 24.3 Å². The van der Waals surface area contributed by atoms with Gasteiger partial charge in [0.15, 0.2) is 6.61 Å². The zero-order chi connectivity index (χ0) is 15.7. The SMILES string of the molecule is COc1ccc(OCC(=O)NCC(=O)N(C)CCO)cc1. The molecule has 7 nitrogen and oxygen atoms in total. The van der Waals surface area contributed by atoms with Gasteiger partial charge in [0, 0.05) is 13.6 Å². The smallest absolute Gasteiger partial charge is 0.258 e. The summed E-state index contributed by atoms with van der Waals surface area (Å²) in [6.07, 6.45) is 0. The van der Waals surface area contributed by atoms with Crippen molar-refractivity contribution < 1.29 is 24.2 Å². The number of hydrogen-bond donors (Lipinski definition) is 2. The molecule has 0 unspecified atom stereocenters. The molecule has 0 saturated carbocycles. The van der Waals surface area contributed by atoms with Crippen LogP contribution in [0, 0.1) is 0 Å². The quantitative estimate of drug-likeness (QED) is 0.684. The van der Waals surface area contributed by atoms with Gasteiger partial charge in [-0.3, -0.25) is 9.59 Å². The van der Waals surface area contributed by atoms with Gasteiger partial charge in [-0.2, -0.15) is 0 Å². The average Bonchev–Trinajstić information content (AvgIpc) is 2.51. The normalized spacial score (nSPS) is 9.86. The van der Waals surface area contributed by atoms with Crippen LogP contribution < -0.4 is 14.8 Å². The number of benzene rings is 1. The molecule has 0 heterocycles. The first-order valence-electron chi connectivity index (χ1n) is 6.45. The maximum atomic E-state index is 11.5. The lowest BCUT2D eigenvalue weighted by Crippen LogP contribution is -2.40. The summed E-state index contributed by atoms with van der Waals surface area (Å²) >= 11 is 0. The molecule has 7 heteroatoms. The highest BCUT2D eigenvalue weighted by atomic mass is 16.5. The number of nitrogens with zero attached hydrogens (tertiary/aromatic N) is 1. The van der Waals surface area contributed by atoms with Crippen LogP contribution in [-0.4, -0.2) is 62.3 Å². The van der Waals surface area contributed by atoms with Crippen molar-refractivity contribution in [2.45, 2.75) is 0 Å². The van der Waals surface area contributed by atoms with E-state index in [1.165, 1.54) is 4.90 Å². The van der Waals surface area contributed by atoms with Crippen molar-refractivity contribution in [2.24, 2.45) is 0 Å². The summed E-state index contributed by atoms with van der Waals surface area (Å²) in [6, 6.07) is 6.82. The Balaban J connectivity index is 2.28. The standard InChI is InChI=1S/C14H20N2O5/c1-16(7-8-17)14(19)9-15-13(18)10-21-12-5-3-11(20-2)4-6-12/h3-6,17H,7-10H2,1-2H3,(H,15,18). The van der Waals surface area contributed by atoms with E-state index in [1.807, 2.05) is 0 Å². The van der Waals surface area contributed by atoms with Crippen LogP contribution >= 0.6 is 0 Å². The molecule has 0 aliphatic carbocycles. The number of aliphatic hydroxyl groups is 1. The topological polar surface area (TPSA) is 88.1 Å². The summed E-state index contributed by atoms with van der Waals surface area (Å²) in [5.41, 5.74) is 0. The summed E-state index contributed by atoms with van der Waals surface area (Å²) in [6.45, 7) is -0.182. The number of nitrogens with one attached hydrogen (secondary N) is 1. The maximum absolute atomic E-state index is 11.5. The van der Waals surface area contributed by atoms with Crippen LogP contribution in [0.3, 0.4) is 0 Å². The van der Waals surface area contributed by atoms with E-state index in [2.05, 4.69) is 5.32 Å². The molecule has 116 valence electrons. The van der Waals surface area contributed by atoms with Crippen LogP contribution in [0.1, 0.15) is 0 Å². The molecule has 0 aromatic heterocycles. The van der Waals surface area contributed by atoms with E-state index in [1.54, 1.807) is 38.4 Å².